The number of amidine groups is 1. The fourth-order valence-corrected chi connectivity index (χ4v) is 8.87. The molecule has 0 radical (unpaired) electrons. The first-order chi connectivity index (χ1) is 29.5. The van der Waals surface area contributed by atoms with Gasteiger partial charge in [-0.05, 0) is 88.1 Å². The molecule has 0 saturated heterocycles. The smallest absolute Gasteiger partial charge is 0.135 e. The number of hydrogen-bond acceptors (Lipinski definition) is 3. The molecular formula is C55H39N4P. The van der Waals surface area contributed by atoms with Gasteiger partial charge in [-0.1, -0.05) is 164 Å². The molecule has 284 valence electrons. The predicted octanol–water partition coefficient (Wildman–Crippen LogP) is 13.3. The number of nitrogens with zero attached hydrogens (tertiary/aromatic N) is 3. The van der Waals surface area contributed by atoms with Crippen molar-refractivity contribution in [2.24, 2.45) is 4.99 Å². The summed E-state index contributed by atoms with van der Waals surface area (Å²) < 4.78 is 2.42. The molecule has 1 unspecified atom stereocenters. The largest absolute Gasteiger partial charge is 0.355 e. The first-order valence-electron chi connectivity index (χ1n) is 20.1. The summed E-state index contributed by atoms with van der Waals surface area (Å²) in [6.07, 6.45) is 0. The van der Waals surface area contributed by atoms with E-state index in [9.17, 15) is 5.26 Å². The van der Waals surface area contributed by atoms with Gasteiger partial charge < -0.3 is 9.88 Å². The Morgan fingerprint density at radius 2 is 1.08 bits per heavy atom. The normalized spacial score (nSPS) is 15.0. The van der Waals surface area contributed by atoms with Crippen LogP contribution in [0.3, 0.4) is 0 Å². The van der Waals surface area contributed by atoms with Crippen LogP contribution < -0.4 is 5.32 Å². The Labute approximate surface area is 352 Å². The minimum absolute atomic E-state index is 0.560. The van der Waals surface area contributed by atoms with Crippen LogP contribution in [0.25, 0.3) is 66.6 Å². The van der Waals surface area contributed by atoms with Crippen molar-refractivity contribution >= 4 is 48.0 Å². The van der Waals surface area contributed by atoms with Crippen LogP contribution in [0.4, 0.5) is 0 Å². The average molecular weight is 787 g/mol. The Morgan fingerprint density at radius 3 is 1.68 bits per heavy atom. The topological polar surface area (TPSA) is 53.1 Å². The zero-order valence-corrected chi connectivity index (χ0v) is 34.0. The monoisotopic (exact) mass is 786 g/mol. The van der Waals surface area contributed by atoms with Gasteiger partial charge in [-0.15, -0.1) is 8.86 Å². The van der Waals surface area contributed by atoms with E-state index in [4.69, 9.17) is 4.99 Å². The van der Waals surface area contributed by atoms with Gasteiger partial charge in [-0.3, -0.25) is 0 Å². The summed E-state index contributed by atoms with van der Waals surface area (Å²) >= 11 is 0. The highest BCUT2D eigenvalue weighted by Crippen LogP contribution is 2.44. The molecule has 1 atom stereocenters. The molecule has 1 aliphatic rings. The van der Waals surface area contributed by atoms with Crippen molar-refractivity contribution in [1.29, 1.82) is 5.26 Å². The van der Waals surface area contributed by atoms with Gasteiger partial charge in [-0.25, -0.2) is 4.99 Å². The van der Waals surface area contributed by atoms with E-state index in [-0.39, 0.29) is 0 Å². The van der Waals surface area contributed by atoms with Crippen molar-refractivity contribution in [2.75, 3.05) is 0 Å². The lowest BCUT2D eigenvalue weighted by Gasteiger charge is -2.37. The van der Waals surface area contributed by atoms with Crippen LogP contribution in [-0.2, 0) is 5.54 Å². The van der Waals surface area contributed by atoms with Crippen molar-refractivity contribution in [3.05, 3.63) is 228 Å². The molecule has 0 saturated carbocycles. The number of hydrogen-bond donors (Lipinski definition) is 1. The van der Waals surface area contributed by atoms with Crippen LogP contribution in [0.15, 0.2) is 211 Å². The van der Waals surface area contributed by atoms with Gasteiger partial charge in [0, 0.05) is 27.5 Å². The summed E-state index contributed by atoms with van der Waals surface area (Å²) in [4.78, 5) is 5.41. The summed E-state index contributed by atoms with van der Waals surface area (Å²) in [5.41, 5.74) is 14.0. The van der Waals surface area contributed by atoms with E-state index in [2.05, 4.69) is 183 Å². The van der Waals surface area contributed by atoms with Crippen LogP contribution >= 0.6 is 8.86 Å². The minimum atomic E-state index is -0.884. The summed E-state index contributed by atoms with van der Waals surface area (Å²) in [5, 5.41) is 17.1. The minimum Gasteiger partial charge on any atom is -0.355 e. The third-order valence-electron chi connectivity index (χ3n) is 11.7. The fraction of sp³-hybridized carbons (Fsp3) is 0.0364. The van der Waals surface area contributed by atoms with Gasteiger partial charge in [0.2, 0.25) is 0 Å². The van der Waals surface area contributed by atoms with Crippen molar-refractivity contribution in [3.8, 4) is 45.1 Å². The van der Waals surface area contributed by atoms with E-state index in [1.807, 2.05) is 54.3 Å². The second-order valence-corrected chi connectivity index (χ2v) is 15.6. The number of benzene rings is 8. The molecule has 0 fully saturated rings. The molecule has 9 aromatic rings. The molecule has 0 spiro atoms. The summed E-state index contributed by atoms with van der Waals surface area (Å²) in [6, 6.07) is 72.7. The molecular weight excluding hydrogens is 748 g/mol. The number of nitrogens with one attached hydrogen (secondary N) is 1. The maximum absolute atomic E-state index is 10.9. The summed E-state index contributed by atoms with van der Waals surface area (Å²) in [7, 11) is 3.67. The van der Waals surface area contributed by atoms with Gasteiger partial charge in [-0.2, -0.15) is 5.26 Å². The lowest BCUT2D eigenvalue weighted by Crippen LogP contribution is -2.48. The van der Waals surface area contributed by atoms with E-state index in [1.54, 1.807) is 0 Å². The molecule has 1 aliphatic heterocycles. The third-order valence-corrected chi connectivity index (χ3v) is 12.0. The van der Waals surface area contributed by atoms with E-state index >= 15 is 0 Å². The number of aromatic nitrogens is 1. The highest BCUT2D eigenvalue weighted by atomic mass is 31.0. The van der Waals surface area contributed by atoms with Crippen molar-refractivity contribution in [1.82, 2.24) is 9.88 Å². The van der Waals surface area contributed by atoms with Gasteiger partial charge >= 0.3 is 0 Å². The van der Waals surface area contributed by atoms with Gasteiger partial charge in [0.1, 0.15) is 5.84 Å². The molecule has 4 nitrogen and oxygen atoms in total. The third kappa shape index (κ3) is 6.34. The van der Waals surface area contributed by atoms with Crippen molar-refractivity contribution < 1.29 is 0 Å². The molecule has 2 heterocycles. The summed E-state index contributed by atoms with van der Waals surface area (Å²) in [5.74, 6) is 2.66. The molecule has 5 heteroatoms. The van der Waals surface area contributed by atoms with Crippen LogP contribution in [0.5, 0.6) is 0 Å². The van der Waals surface area contributed by atoms with Gasteiger partial charge in [0.05, 0.1) is 39.6 Å². The lowest BCUT2D eigenvalue weighted by atomic mass is 9.80. The van der Waals surface area contributed by atoms with Crippen LogP contribution in [0, 0.1) is 11.3 Å². The quantitative estimate of drug-likeness (QED) is 0.156. The average Bonchev–Trinajstić information content (AvgIpc) is 3.65. The standard InChI is InChI=1S/C55H39N4P/c1-55(43-25-15-6-16-26-43)49(35-56)53(41-23-13-5-14-24-41)57-54(58-55)48-33-45(40-21-11-4-12-22-40)52(34-44(48)39-19-9-3-10-20-39)59-50-29-27-37(36-60)31-46(50)47-32-42(28-30-51(47)59)38-17-7-2-8-18-38/h2-34,36,60H,1H3,(H,57,58). The number of rotatable bonds is 8. The van der Waals surface area contributed by atoms with Crippen LogP contribution in [-0.4, -0.2) is 16.2 Å². The first-order valence-corrected chi connectivity index (χ1v) is 20.7. The molecule has 0 bridgehead atoms. The molecule has 8 aromatic carbocycles. The van der Waals surface area contributed by atoms with Gasteiger partial charge in [0.15, 0.2) is 0 Å². The molecule has 1 aromatic heterocycles. The Bertz CT molecular complexity index is 3180. The van der Waals surface area contributed by atoms with Crippen molar-refractivity contribution in [2.45, 2.75) is 12.5 Å². The second-order valence-electron chi connectivity index (χ2n) is 15.3. The zero-order valence-electron chi connectivity index (χ0n) is 33.0. The lowest BCUT2D eigenvalue weighted by molar-refractivity contribution is 0.526. The number of fused-ring (bicyclic) bond motifs is 3. The highest BCUT2D eigenvalue weighted by molar-refractivity contribution is 7.19. The second kappa shape index (κ2) is 15.3. The Morgan fingerprint density at radius 1 is 0.550 bits per heavy atom. The Kier molecular flexibility index (Phi) is 9.38. The maximum Gasteiger partial charge on any atom is 0.135 e. The molecule has 60 heavy (non-hydrogen) atoms. The van der Waals surface area contributed by atoms with E-state index in [0.29, 0.717) is 17.1 Å². The van der Waals surface area contributed by atoms with Gasteiger partial charge in [0.25, 0.3) is 0 Å². The highest BCUT2D eigenvalue weighted by Gasteiger charge is 2.39. The molecule has 0 amide bonds. The molecule has 10 rings (SSSR count). The van der Waals surface area contributed by atoms with Crippen molar-refractivity contribution in [3.63, 3.8) is 0 Å². The Balaban J connectivity index is 1.30. The Hall–Kier alpha value is -7.57. The van der Waals surface area contributed by atoms with Crippen LogP contribution in [0.1, 0.15) is 29.2 Å². The van der Waals surface area contributed by atoms with E-state index in [0.717, 1.165) is 66.6 Å². The zero-order chi connectivity index (χ0) is 40.6. The molecule has 1 N–H and O–H groups in total. The van der Waals surface area contributed by atoms with Crippen LogP contribution in [0.2, 0.25) is 0 Å². The first kappa shape index (κ1) is 36.7. The molecule has 0 aliphatic carbocycles. The fourth-order valence-electron chi connectivity index (χ4n) is 8.69. The number of aliphatic imine (C=N–C) groups is 1. The maximum atomic E-state index is 10.9. The van der Waals surface area contributed by atoms with E-state index in [1.165, 1.54) is 16.5 Å². The van der Waals surface area contributed by atoms with E-state index < -0.39 is 5.54 Å². The summed E-state index contributed by atoms with van der Waals surface area (Å²) in [6.45, 7) is 2.09. The predicted molar refractivity (Wildman–Crippen MR) is 253 cm³/mol. The SMILES string of the molecule is CC1(c2ccccc2)NC(c2cc(-c3ccccc3)c(-n3c4ccc(C=P)cc4c4cc(-c5ccccc5)ccc43)cc2-c2ccccc2)=NC(c2ccccc2)=C1C#N. The number of nitriles is 1.